The average molecular weight is 835 g/mol. The maximum atomic E-state index is 13.7. The fraction of sp³-hybridized carbons (Fsp3) is 0.333. The number of nitrogens with zero attached hydrogens (tertiary/aromatic N) is 3. The molecule has 0 spiro atoms. The first-order valence-electron chi connectivity index (χ1n) is 23.0. The first kappa shape index (κ1) is 39.2. The molecule has 316 valence electrons. The molecule has 0 radical (unpaired) electrons. The smallest absolute Gasteiger partial charge is 0.251 e. The normalized spacial score (nSPS) is 16.3. The molecular formula is C54H50N4O5. The Morgan fingerprint density at radius 2 is 1.49 bits per heavy atom. The number of carbonyl (C=O) groups excluding carboxylic acids is 3. The molecule has 0 fully saturated rings. The third-order valence-corrected chi connectivity index (χ3v) is 14.0. The van der Waals surface area contributed by atoms with Crippen molar-refractivity contribution in [3.05, 3.63) is 151 Å². The van der Waals surface area contributed by atoms with E-state index in [0.29, 0.717) is 37.9 Å². The van der Waals surface area contributed by atoms with Crippen LogP contribution in [0.5, 0.6) is 11.5 Å². The van der Waals surface area contributed by atoms with Crippen LogP contribution in [0.25, 0.3) is 5.57 Å². The van der Waals surface area contributed by atoms with Crippen molar-refractivity contribution in [3.63, 3.8) is 0 Å². The molecule has 6 aliphatic rings. The highest BCUT2D eigenvalue weighted by Crippen LogP contribution is 2.49. The number of hydrogen-bond acceptors (Lipinski definition) is 6. The number of carbonyl (C=O) groups is 3. The van der Waals surface area contributed by atoms with E-state index in [9.17, 15) is 19.5 Å². The Morgan fingerprint density at radius 3 is 2.37 bits per heavy atom. The number of unbranched alkanes of at least 4 members (excludes halogenated alkanes) is 2. The molecule has 9 heteroatoms. The molecule has 0 saturated carbocycles. The molecule has 0 aliphatic carbocycles. The summed E-state index contributed by atoms with van der Waals surface area (Å²) >= 11 is 0. The Bertz CT molecular complexity index is 2970. The summed E-state index contributed by atoms with van der Waals surface area (Å²) in [6.07, 6.45) is 10.5. The van der Waals surface area contributed by atoms with E-state index in [1.165, 1.54) is 39.4 Å². The minimum absolute atomic E-state index is 0.00432. The number of amides is 2. The summed E-state index contributed by atoms with van der Waals surface area (Å²) in [4.78, 5) is 44.9. The monoisotopic (exact) mass is 834 g/mol. The average Bonchev–Trinajstić information content (AvgIpc) is 3.30. The van der Waals surface area contributed by atoms with Gasteiger partial charge in [-0.3, -0.25) is 9.59 Å². The second-order valence-electron chi connectivity index (χ2n) is 17.9. The van der Waals surface area contributed by atoms with E-state index in [1.807, 2.05) is 53.4 Å². The van der Waals surface area contributed by atoms with E-state index < -0.39 is 5.97 Å². The lowest BCUT2D eigenvalue weighted by Crippen LogP contribution is -2.45. The second-order valence-corrected chi connectivity index (χ2v) is 17.9. The van der Waals surface area contributed by atoms with Crippen LogP contribution in [0, 0.1) is 11.8 Å². The third kappa shape index (κ3) is 6.97. The molecule has 11 rings (SSSR count). The van der Waals surface area contributed by atoms with Gasteiger partial charge in [-0.2, -0.15) is 0 Å². The molecular weight excluding hydrogens is 785 g/mol. The topological polar surface area (TPSA) is 105 Å². The number of nitrogens with one attached hydrogen (secondary N) is 1. The first-order valence-corrected chi connectivity index (χ1v) is 23.0. The summed E-state index contributed by atoms with van der Waals surface area (Å²) in [7, 11) is 0. The van der Waals surface area contributed by atoms with E-state index in [0.717, 1.165) is 134 Å². The number of aromatic carboxylic acids is 1. The molecule has 63 heavy (non-hydrogen) atoms. The molecule has 0 saturated heterocycles. The highest BCUT2D eigenvalue weighted by molar-refractivity contribution is 6.02. The maximum Gasteiger partial charge on any atom is 0.251 e. The minimum Gasteiger partial charge on any atom is -0.545 e. The Morgan fingerprint density at radius 1 is 0.730 bits per heavy atom. The number of ether oxygens (including phenoxy) is 1. The van der Waals surface area contributed by atoms with Crippen molar-refractivity contribution in [2.75, 3.05) is 42.5 Å². The summed E-state index contributed by atoms with van der Waals surface area (Å²) in [6.45, 7) is 5.02. The van der Waals surface area contributed by atoms with Crippen molar-refractivity contribution in [1.29, 1.82) is 0 Å². The van der Waals surface area contributed by atoms with Crippen LogP contribution in [-0.2, 0) is 37.0 Å². The molecule has 0 bridgehead atoms. The molecule has 5 aromatic carbocycles. The summed E-state index contributed by atoms with van der Waals surface area (Å²) in [5.41, 5.74) is 12.6. The van der Waals surface area contributed by atoms with Crippen LogP contribution >= 0.6 is 0 Å². The largest absolute Gasteiger partial charge is 0.545 e. The van der Waals surface area contributed by atoms with Crippen molar-refractivity contribution < 1.29 is 24.2 Å². The Kier molecular flexibility index (Phi) is 10.1. The van der Waals surface area contributed by atoms with Gasteiger partial charge in [-0.15, -0.1) is 0 Å². The summed E-state index contributed by atoms with van der Waals surface area (Å²) < 4.78 is 9.67. The fourth-order valence-electron chi connectivity index (χ4n) is 11.1. The van der Waals surface area contributed by atoms with Gasteiger partial charge in [0.15, 0.2) is 0 Å². The molecule has 9 nitrogen and oxygen atoms in total. The fourth-order valence-corrected chi connectivity index (χ4v) is 11.1. The number of aryl methyl sites for hydroxylation is 2. The molecule has 6 aliphatic heterocycles. The van der Waals surface area contributed by atoms with Gasteiger partial charge in [0, 0.05) is 94.3 Å². The van der Waals surface area contributed by atoms with E-state index in [4.69, 9.17) is 4.74 Å². The van der Waals surface area contributed by atoms with Crippen LogP contribution < -0.4 is 40.1 Å². The Balaban J connectivity index is 0.850. The predicted octanol–water partition coefficient (Wildman–Crippen LogP) is 5.72. The molecule has 0 unspecified atom stereocenters. The number of fused-ring (bicyclic) bond motifs is 6. The zero-order valence-electron chi connectivity index (χ0n) is 35.6. The standard InChI is InChI=1S/C54H50N4O5/c59-47(58-33-39-14-4-3-12-34(39)21-22-35-13-5-6-19-46(35)58)20-2-1-7-25-55-53(60)38-23-24-40(43(32-38)54(61)62)48-44-30-36-15-8-26-56-28-10-17-41(49(36)56)51(44)63-52-42-18-11-29-57-27-9-16-37(50(42)57)31-45(48)52/h3-6,12-14,19,23-24,30-32H,1-2,7-11,15-18,20,25-29,33H2,(H-,55,60,61,62). The van der Waals surface area contributed by atoms with Gasteiger partial charge in [-0.05, 0) is 111 Å². The maximum absolute atomic E-state index is 13.7. The number of para-hydroxylation sites is 1. The number of carboxylic acids is 1. The van der Waals surface area contributed by atoms with Crippen LogP contribution in [-0.4, -0.2) is 50.5 Å². The highest BCUT2D eigenvalue weighted by Gasteiger charge is 2.36. The molecule has 5 aromatic rings. The lowest BCUT2D eigenvalue weighted by molar-refractivity contribution is -0.255. The van der Waals surface area contributed by atoms with Gasteiger partial charge < -0.3 is 29.8 Å². The zero-order chi connectivity index (χ0) is 42.6. The number of anilines is 2. The van der Waals surface area contributed by atoms with Crippen molar-refractivity contribution in [2.24, 2.45) is 0 Å². The quantitative estimate of drug-likeness (QED) is 0.114. The van der Waals surface area contributed by atoms with Crippen molar-refractivity contribution >= 4 is 34.7 Å². The molecule has 0 aromatic heterocycles. The second kappa shape index (κ2) is 16.2. The van der Waals surface area contributed by atoms with E-state index in [2.05, 4.69) is 38.8 Å². The molecule has 6 heterocycles. The van der Waals surface area contributed by atoms with Gasteiger partial charge in [0.1, 0.15) is 24.6 Å². The van der Waals surface area contributed by atoms with Crippen LogP contribution in [0.3, 0.4) is 0 Å². The van der Waals surface area contributed by atoms with Crippen LogP contribution in [0.15, 0.2) is 78.9 Å². The SMILES string of the molecule is O=C(NCCCCCC(=O)N1Cc2ccccc2C#Cc2ccccc21)c1ccc(C2=c3cc4c5c(c3Oc3c2cc2c6c3CCCN6CCC2)CCC[N+]=5CCC4)c(C(=O)[O-])c1. The number of rotatable bonds is 9. The summed E-state index contributed by atoms with van der Waals surface area (Å²) in [6, 6.07) is 25.3. The summed E-state index contributed by atoms with van der Waals surface area (Å²) in [5.74, 6) is 6.61. The number of benzene rings is 5. The molecule has 2 amide bonds. The Labute approximate surface area is 367 Å². The lowest BCUT2D eigenvalue weighted by atomic mass is 9.81. The zero-order valence-corrected chi connectivity index (χ0v) is 35.6. The van der Waals surface area contributed by atoms with Gasteiger partial charge in [-0.25, -0.2) is 4.58 Å². The van der Waals surface area contributed by atoms with E-state index in [1.54, 1.807) is 12.1 Å². The highest BCUT2D eigenvalue weighted by atomic mass is 16.5. The first-order chi connectivity index (χ1) is 30.9. The lowest BCUT2D eigenvalue weighted by Gasteiger charge is -2.39. The number of hydrogen-bond donors (Lipinski definition) is 1. The van der Waals surface area contributed by atoms with E-state index in [-0.39, 0.29) is 22.9 Å². The Hall–Kier alpha value is -6.66. The van der Waals surface area contributed by atoms with Crippen molar-refractivity contribution in [1.82, 2.24) is 9.89 Å². The van der Waals surface area contributed by atoms with Crippen LogP contribution in [0.1, 0.15) is 122 Å². The van der Waals surface area contributed by atoms with Gasteiger partial charge in [0.25, 0.3) is 5.91 Å². The van der Waals surface area contributed by atoms with Gasteiger partial charge >= 0.3 is 0 Å². The third-order valence-electron chi connectivity index (χ3n) is 14.0. The number of carboxylic acid groups (broad SMARTS) is 1. The van der Waals surface area contributed by atoms with Crippen LogP contribution in [0.2, 0.25) is 0 Å². The van der Waals surface area contributed by atoms with E-state index >= 15 is 0 Å². The van der Waals surface area contributed by atoms with Gasteiger partial charge in [0.2, 0.25) is 11.3 Å². The van der Waals surface area contributed by atoms with Gasteiger partial charge in [0.05, 0.1) is 23.8 Å². The van der Waals surface area contributed by atoms with Crippen molar-refractivity contribution in [3.8, 4) is 23.3 Å². The van der Waals surface area contributed by atoms with Crippen molar-refractivity contribution in [2.45, 2.75) is 83.6 Å². The van der Waals surface area contributed by atoms with Crippen LogP contribution in [0.4, 0.5) is 11.4 Å². The predicted molar refractivity (Wildman–Crippen MR) is 242 cm³/mol. The molecule has 0 atom stereocenters. The van der Waals surface area contributed by atoms with Gasteiger partial charge in [-0.1, -0.05) is 54.7 Å². The molecule has 1 N–H and O–H groups in total. The minimum atomic E-state index is -1.32. The summed E-state index contributed by atoms with van der Waals surface area (Å²) in [5, 5.41) is 18.5.